The molecule has 3 saturated heterocycles. The Balaban J connectivity index is 1.29. The van der Waals surface area contributed by atoms with E-state index in [1.54, 1.807) is 6.08 Å². The highest BCUT2D eigenvalue weighted by Gasteiger charge is 2.54. The van der Waals surface area contributed by atoms with Gasteiger partial charge in [-0.25, -0.2) is 0 Å². The van der Waals surface area contributed by atoms with E-state index in [0.29, 0.717) is 6.42 Å². The van der Waals surface area contributed by atoms with Crippen molar-refractivity contribution in [3.63, 3.8) is 0 Å². The summed E-state index contributed by atoms with van der Waals surface area (Å²) in [4.78, 5) is 13.4. The van der Waals surface area contributed by atoms with Crippen LogP contribution in [0.15, 0.2) is 36.5 Å². The van der Waals surface area contributed by atoms with E-state index in [-0.39, 0.29) is 18.9 Å². The second-order valence-corrected chi connectivity index (χ2v) is 29.2. The smallest absolute Gasteiger partial charge is 0.220 e. The molecule has 0 radical (unpaired) electrons. The summed E-state index contributed by atoms with van der Waals surface area (Å²) in [7, 11) is 0. The van der Waals surface area contributed by atoms with Crippen molar-refractivity contribution in [2.24, 2.45) is 0 Å². The van der Waals surface area contributed by atoms with Crippen LogP contribution < -0.4 is 5.32 Å². The van der Waals surface area contributed by atoms with Crippen LogP contribution in [0.25, 0.3) is 0 Å². The number of hydrogen-bond donors (Lipinski definition) is 12. The first-order valence-corrected chi connectivity index (χ1v) is 40.7. The van der Waals surface area contributed by atoms with Gasteiger partial charge < -0.3 is 89.9 Å². The van der Waals surface area contributed by atoms with Crippen molar-refractivity contribution >= 4 is 5.91 Å². The Hall–Kier alpha value is -1.99. The normalized spacial score (nSPS) is 26.7. The summed E-state index contributed by atoms with van der Waals surface area (Å²) >= 11 is 0. The van der Waals surface area contributed by atoms with Gasteiger partial charge in [0.2, 0.25) is 5.91 Å². The molecular weight excluding hydrogens is 1260 g/mol. The van der Waals surface area contributed by atoms with Crippen molar-refractivity contribution in [2.75, 3.05) is 26.4 Å². The van der Waals surface area contributed by atoms with Crippen molar-refractivity contribution in [3.05, 3.63) is 36.5 Å². The number of unbranched alkanes of at least 4 members (excludes halogenated alkanes) is 45. The molecular formula is C80H149NO18. The summed E-state index contributed by atoms with van der Waals surface area (Å²) in [6, 6.07) is -0.971. The number of ether oxygens (including phenoxy) is 6. The standard InChI is InChI=1S/C80H149NO18/c1-3-5-7-9-11-13-15-17-19-20-21-22-23-24-25-26-27-28-29-30-31-32-33-34-35-36-37-38-39-40-41-42-44-46-48-50-52-54-56-58-68(86)81-63(64(85)57-55-53-51-49-47-45-43-18-16-14-12-10-8-6-4-2)62-94-78-74(92)71(89)76(66(60-83)96-78)99-80-75(93)72(90)77(67(61-84)97-80)98-79-73(91)70(88)69(87)65(59-82)95-79/h15,17,20-21,55,57,63-67,69-80,82-85,87-93H,3-14,16,18-19,22-54,56,58-62H2,1-2H3,(H,81,86)/b17-15-,21-20-,57-55+. The summed E-state index contributed by atoms with van der Waals surface area (Å²) in [6.07, 6.45) is 48.8. The fourth-order valence-corrected chi connectivity index (χ4v) is 13.9. The molecule has 0 aliphatic carbocycles. The molecule has 1 amide bonds. The maximum absolute atomic E-state index is 13.4. The average Bonchev–Trinajstić information content (AvgIpc) is 0.784. The van der Waals surface area contributed by atoms with Crippen LogP contribution in [0.2, 0.25) is 0 Å². The third-order valence-corrected chi connectivity index (χ3v) is 20.4. The Bertz CT molecular complexity index is 1930. The van der Waals surface area contributed by atoms with E-state index < -0.39 is 124 Å². The number of carbonyl (C=O) groups is 1. The van der Waals surface area contributed by atoms with Crippen LogP contribution in [-0.2, 0) is 33.2 Å². The molecule has 3 aliphatic rings. The van der Waals surface area contributed by atoms with E-state index in [9.17, 15) is 61.0 Å². The zero-order valence-electron chi connectivity index (χ0n) is 62.2. The van der Waals surface area contributed by atoms with E-state index in [4.69, 9.17) is 28.4 Å². The van der Waals surface area contributed by atoms with E-state index in [1.165, 1.54) is 257 Å². The molecule has 0 aromatic heterocycles. The Morgan fingerprint density at radius 2 is 0.667 bits per heavy atom. The van der Waals surface area contributed by atoms with Gasteiger partial charge in [0.1, 0.15) is 73.2 Å². The van der Waals surface area contributed by atoms with Gasteiger partial charge in [-0.15, -0.1) is 0 Å². The second-order valence-electron chi connectivity index (χ2n) is 29.2. The number of allylic oxidation sites excluding steroid dienone is 5. The molecule has 19 nitrogen and oxygen atoms in total. The monoisotopic (exact) mass is 1410 g/mol. The van der Waals surface area contributed by atoms with Crippen LogP contribution >= 0.6 is 0 Å². The van der Waals surface area contributed by atoms with Crippen LogP contribution in [0.5, 0.6) is 0 Å². The Morgan fingerprint density at radius 3 is 1.03 bits per heavy atom. The predicted octanol–water partition coefficient (Wildman–Crippen LogP) is 13.5. The van der Waals surface area contributed by atoms with Crippen LogP contribution in [0.3, 0.4) is 0 Å². The van der Waals surface area contributed by atoms with Crippen LogP contribution in [0.1, 0.15) is 335 Å². The molecule has 12 N–H and O–H groups in total. The molecule has 0 saturated carbocycles. The highest BCUT2D eigenvalue weighted by Crippen LogP contribution is 2.33. The van der Waals surface area contributed by atoms with Gasteiger partial charge in [0, 0.05) is 6.42 Å². The summed E-state index contributed by atoms with van der Waals surface area (Å²) < 4.78 is 34.4. The van der Waals surface area contributed by atoms with Gasteiger partial charge in [-0.1, -0.05) is 314 Å². The second kappa shape index (κ2) is 61.2. The van der Waals surface area contributed by atoms with Crippen LogP contribution in [-0.4, -0.2) is 193 Å². The van der Waals surface area contributed by atoms with Gasteiger partial charge in [-0.05, 0) is 51.4 Å². The van der Waals surface area contributed by atoms with Crippen molar-refractivity contribution in [1.82, 2.24) is 5.32 Å². The zero-order valence-corrected chi connectivity index (χ0v) is 62.2. The summed E-state index contributed by atoms with van der Waals surface area (Å²) in [5.74, 6) is -0.269. The lowest BCUT2D eigenvalue weighted by molar-refractivity contribution is -0.379. The van der Waals surface area contributed by atoms with Gasteiger partial charge in [-0.3, -0.25) is 4.79 Å². The molecule has 19 heteroatoms. The molecule has 3 heterocycles. The summed E-state index contributed by atoms with van der Waals surface area (Å²) in [5, 5.41) is 121. The minimum absolute atomic E-state index is 0.248. The summed E-state index contributed by atoms with van der Waals surface area (Å²) in [5.41, 5.74) is 0. The maximum Gasteiger partial charge on any atom is 0.220 e. The number of hydrogen-bond acceptors (Lipinski definition) is 18. The minimum atomic E-state index is -1.98. The first-order chi connectivity index (χ1) is 48.3. The van der Waals surface area contributed by atoms with Gasteiger partial charge in [0.25, 0.3) is 0 Å². The number of nitrogens with one attached hydrogen (secondary N) is 1. The lowest BCUT2D eigenvalue weighted by atomic mass is 9.96. The summed E-state index contributed by atoms with van der Waals surface area (Å²) in [6.45, 7) is 1.76. The number of carbonyl (C=O) groups excluding carboxylic acids is 1. The molecule has 99 heavy (non-hydrogen) atoms. The van der Waals surface area contributed by atoms with E-state index in [1.807, 2.05) is 6.08 Å². The molecule has 3 aliphatic heterocycles. The van der Waals surface area contributed by atoms with Gasteiger partial charge in [0.05, 0.1) is 38.6 Å². The Kier molecular flexibility index (Phi) is 56.4. The molecule has 0 aromatic rings. The van der Waals surface area contributed by atoms with Crippen molar-refractivity contribution in [2.45, 2.75) is 439 Å². The molecule has 17 atom stereocenters. The zero-order chi connectivity index (χ0) is 71.8. The third kappa shape index (κ3) is 41.5. The Labute approximate surface area is 600 Å². The van der Waals surface area contributed by atoms with Gasteiger partial charge >= 0.3 is 0 Å². The highest BCUT2D eigenvalue weighted by molar-refractivity contribution is 5.76. The number of amides is 1. The van der Waals surface area contributed by atoms with Gasteiger partial charge in [-0.2, -0.15) is 0 Å². The SMILES string of the molecule is CCCCCCC/C=C\C/C=C\CCCCCCCCCCCCCCCCCCCCCCCCCCCCCC(=O)NC(COC1OC(CO)C(OC2OC(CO)C(OC3OC(CO)C(O)C(O)C3O)C(O)C2O)C(O)C1O)C(O)/C=C/CCCCCCCCCCCCCCC. The maximum atomic E-state index is 13.4. The molecule has 0 aromatic carbocycles. The van der Waals surface area contributed by atoms with E-state index >= 15 is 0 Å². The largest absolute Gasteiger partial charge is 0.394 e. The number of aliphatic hydroxyl groups excluding tert-OH is 11. The fraction of sp³-hybridized carbons (Fsp3) is 0.912. The predicted molar refractivity (Wildman–Crippen MR) is 393 cm³/mol. The lowest BCUT2D eigenvalue weighted by Gasteiger charge is -2.48. The molecule has 582 valence electrons. The van der Waals surface area contributed by atoms with Gasteiger partial charge in [0.15, 0.2) is 18.9 Å². The van der Waals surface area contributed by atoms with Crippen molar-refractivity contribution < 1.29 is 89.4 Å². The Morgan fingerprint density at radius 1 is 0.364 bits per heavy atom. The molecule has 0 spiro atoms. The van der Waals surface area contributed by atoms with E-state index in [2.05, 4.69) is 43.5 Å². The first kappa shape index (κ1) is 91.2. The lowest BCUT2D eigenvalue weighted by Crippen LogP contribution is -2.66. The number of aliphatic hydroxyl groups is 11. The molecule has 17 unspecified atom stereocenters. The van der Waals surface area contributed by atoms with Crippen LogP contribution in [0.4, 0.5) is 0 Å². The first-order valence-electron chi connectivity index (χ1n) is 40.7. The van der Waals surface area contributed by atoms with Crippen molar-refractivity contribution in [1.29, 1.82) is 0 Å². The number of rotatable bonds is 65. The minimum Gasteiger partial charge on any atom is -0.394 e. The molecule has 3 fully saturated rings. The highest BCUT2D eigenvalue weighted by atomic mass is 16.8. The fourth-order valence-electron chi connectivity index (χ4n) is 13.9. The average molecular weight is 1410 g/mol. The van der Waals surface area contributed by atoms with Crippen molar-refractivity contribution in [3.8, 4) is 0 Å². The topological polar surface area (TPSA) is 307 Å². The van der Waals surface area contributed by atoms with Crippen LogP contribution in [0, 0.1) is 0 Å². The quantitative estimate of drug-likeness (QED) is 0.0199. The molecule has 3 rings (SSSR count). The third-order valence-electron chi connectivity index (χ3n) is 20.4. The van der Waals surface area contributed by atoms with E-state index in [0.717, 1.165) is 51.4 Å². The molecule has 0 bridgehead atoms.